The van der Waals surface area contributed by atoms with Crippen LogP contribution in [-0.2, 0) is 20.0 Å². The van der Waals surface area contributed by atoms with Crippen LogP contribution >= 0.6 is 0 Å². The van der Waals surface area contributed by atoms with Gasteiger partial charge in [-0.3, -0.25) is 15.0 Å². The Morgan fingerprint density at radius 2 is 1.18 bits per heavy atom. The van der Waals surface area contributed by atoms with E-state index in [0.717, 1.165) is 32.0 Å². The van der Waals surface area contributed by atoms with Gasteiger partial charge in [0.15, 0.2) is 11.7 Å². The molecule has 25 heteroatoms. The molecular formula is C20H39N17O8-4. The van der Waals surface area contributed by atoms with E-state index in [1.807, 2.05) is 20.8 Å². The molecule has 0 aromatic heterocycles. The fraction of sp³-hybridized carbons (Fsp3) is 0.700. The van der Waals surface area contributed by atoms with Gasteiger partial charge in [0.05, 0.1) is 37.7 Å². The van der Waals surface area contributed by atoms with Gasteiger partial charge in [-0.15, -0.1) is 10.2 Å². The number of nitrogens with one attached hydrogen (secondary N) is 7. The standard InChI is InChI=1S/2C4H8N6O4.C4H10N2.C4H8N2.C2H3N.C2H6/c2*11-13-9-7-4(8-10-14-12)3-5-1-2-6-3;2*1-4-5-2-3-6-4;1-2-3;1-2/h2*9,11-12H,1-2H2,(H,5,6);4-6H,2-3H2,1H3;2-3H2,1H3,(H,5,6);1H3;1-2H3/p-4. The van der Waals surface area contributed by atoms with E-state index in [4.69, 9.17) is 5.26 Å². The molecule has 0 aromatic carbocycles. The van der Waals surface area contributed by atoms with E-state index < -0.39 is 0 Å². The molecule has 4 heterocycles. The van der Waals surface area contributed by atoms with Gasteiger partial charge < -0.3 is 67.6 Å². The zero-order valence-electron chi connectivity index (χ0n) is 25.5. The van der Waals surface area contributed by atoms with Crippen molar-refractivity contribution in [1.82, 2.24) is 37.8 Å². The normalized spacial score (nSPS) is 16.8. The first-order valence-corrected chi connectivity index (χ1v) is 13.2. The van der Waals surface area contributed by atoms with Crippen LogP contribution in [0.3, 0.4) is 0 Å². The summed E-state index contributed by atoms with van der Waals surface area (Å²) in [7, 11) is 0. The number of hydrogen-bond acceptors (Lipinski definition) is 23. The van der Waals surface area contributed by atoms with Crippen molar-refractivity contribution in [3.8, 4) is 6.07 Å². The Labute approximate surface area is 258 Å². The van der Waals surface area contributed by atoms with Gasteiger partial charge in [-0.05, 0) is 13.8 Å². The molecule has 0 unspecified atom stereocenters. The van der Waals surface area contributed by atoms with Gasteiger partial charge in [0.2, 0.25) is 11.7 Å². The second kappa shape index (κ2) is 32.2. The number of hydrazone groups is 2. The van der Waals surface area contributed by atoms with E-state index in [1.165, 1.54) is 6.92 Å². The molecule has 0 radical (unpaired) electrons. The highest BCUT2D eigenvalue weighted by atomic mass is 17.2. The summed E-state index contributed by atoms with van der Waals surface area (Å²) in [6.07, 6.45) is 0.546. The molecule has 0 bridgehead atoms. The van der Waals surface area contributed by atoms with Gasteiger partial charge in [0.25, 0.3) is 0 Å². The molecule has 0 aliphatic carbocycles. The van der Waals surface area contributed by atoms with Crippen molar-refractivity contribution < 1.29 is 41.0 Å². The minimum absolute atomic E-state index is 0.116. The Morgan fingerprint density at radius 3 is 1.40 bits per heavy atom. The van der Waals surface area contributed by atoms with Gasteiger partial charge in [0, 0.05) is 50.2 Å². The molecule has 45 heavy (non-hydrogen) atoms. The molecule has 0 aromatic rings. The van der Waals surface area contributed by atoms with Crippen molar-refractivity contribution in [2.24, 2.45) is 46.0 Å². The average Bonchev–Trinajstić information content (AvgIpc) is 3.90. The van der Waals surface area contributed by atoms with Gasteiger partial charge in [0.1, 0.15) is 0 Å². The van der Waals surface area contributed by atoms with Crippen LogP contribution in [0.15, 0.2) is 46.0 Å². The lowest BCUT2D eigenvalue weighted by Gasteiger charge is -2.05. The zero-order valence-corrected chi connectivity index (χ0v) is 25.5. The van der Waals surface area contributed by atoms with Crippen LogP contribution < -0.4 is 58.8 Å². The first kappa shape index (κ1) is 42.5. The number of nitriles is 1. The zero-order chi connectivity index (χ0) is 34.0. The van der Waals surface area contributed by atoms with E-state index in [1.54, 1.807) is 17.2 Å². The van der Waals surface area contributed by atoms with Crippen molar-refractivity contribution >= 4 is 29.2 Å². The Morgan fingerprint density at radius 1 is 0.778 bits per heavy atom. The SMILES string of the molecule is CC.CC#N.CC1=NCCN1.CC1NCCN1.[O-]ON=NC(=NNO[O-])C1=NCCN1.[O-]ON=NC(=NNO[O-])C1=NCCN1. The van der Waals surface area contributed by atoms with Crippen molar-refractivity contribution in [2.75, 3.05) is 52.4 Å². The lowest BCUT2D eigenvalue weighted by atomic mass is 10.5. The Bertz CT molecular complexity index is 940. The maximum atomic E-state index is 9.58. The summed E-state index contributed by atoms with van der Waals surface area (Å²) in [5.74, 6) is 1.42. The van der Waals surface area contributed by atoms with Crippen LogP contribution in [0.4, 0.5) is 0 Å². The molecule has 0 saturated carbocycles. The molecule has 25 nitrogen and oxygen atoms in total. The molecule has 1 saturated heterocycles. The minimum Gasteiger partial charge on any atom is -0.697 e. The van der Waals surface area contributed by atoms with Crippen molar-refractivity contribution in [3.05, 3.63) is 0 Å². The molecular weight excluding hydrogens is 606 g/mol. The lowest BCUT2D eigenvalue weighted by molar-refractivity contribution is -0.711. The monoisotopic (exact) mass is 645 g/mol. The van der Waals surface area contributed by atoms with Crippen LogP contribution in [0.2, 0.25) is 0 Å². The number of aliphatic imine (C=N–C) groups is 3. The van der Waals surface area contributed by atoms with E-state index in [0.29, 0.717) is 32.3 Å². The fourth-order valence-electron chi connectivity index (χ4n) is 2.74. The second-order valence-electron chi connectivity index (χ2n) is 7.29. The molecule has 4 aliphatic rings. The molecule has 1 fully saturated rings. The van der Waals surface area contributed by atoms with Crippen LogP contribution in [-0.4, -0.2) is 87.7 Å². The Hall–Kier alpha value is -4.68. The minimum atomic E-state index is -0.116. The van der Waals surface area contributed by atoms with Gasteiger partial charge in [-0.25, -0.2) is 0 Å². The molecule has 4 aliphatic heterocycles. The summed E-state index contributed by atoms with van der Waals surface area (Å²) in [6.45, 7) is 16.1. The molecule has 256 valence electrons. The van der Waals surface area contributed by atoms with E-state index in [9.17, 15) is 21.0 Å². The summed E-state index contributed by atoms with van der Waals surface area (Å²) in [6, 6.07) is 1.75. The van der Waals surface area contributed by atoms with E-state index in [-0.39, 0.29) is 23.3 Å². The van der Waals surface area contributed by atoms with Crippen LogP contribution in [0.1, 0.15) is 34.6 Å². The predicted octanol–water partition coefficient (Wildman–Crippen LogP) is -5.40. The molecule has 7 N–H and O–H groups in total. The quantitative estimate of drug-likeness (QED) is 0.0425. The third-order valence-corrected chi connectivity index (χ3v) is 4.35. The van der Waals surface area contributed by atoms with Crippen molar-refractivity contribution in [1.29, 1.82) is 5.26 Å². The summed E-state index contributed by atoms with van der Waals surface area (Å²) in [4.78, 5) is 24.5. The van der Waals surface area contributed by atoms with E-state index in [2.05, 4.69) is 99.4 Å². The highest BCUT2D eigenvalue weighted by Gasteiger charge is 2.13. The maximum Gasteiger partial charge on any atom is 0.240 e. The lowest BCUT2D eigenvalue weighted by Crippen LogP contribution is -2.29. The summed E-state index contributed by atoms with van der Waals surface area (Å²) < 4.78 is 0. The van der Waals surface area contributed by atoms with Crippen LogP contribution in [0, 0.1) is 11.3 Å². The topological polar surface area (TPSA) is 348 Å². The summed E-state index contributed by atoms with van der Waals surface area (Å²) in [5, 5.41) is 79.1. The first-order chi connectivity index (χ1) is 22.0. The average molecular weight is 646 g/mol. The third kappa shape index (κ3) is 24.5. The third-order valence-electron chi connectivity index (χ3n) is 4.35. The first-order valence-electron chi connectivity index (χ1n) is 13.2. The largest absolute Gasteiger partial charge is 0.697 e. The highest BCUT2D eigenvalue weighted by molar-refractivity contribution is 6.41. The van der Waals surface area contributed by atoms with E-state index >= 15 is 0 Å². The number of hydrogen-bond donors (Lipinski definition) is 7. The second-order valence-corrected chi connectivity index (χ2v) is 7.29. The predicted molar refractivity (Wildman–Crippen MR) is 150 cm³/mol. The molecule has 0 atom stereocenters. The number of nitrogens with zero attached hydrogens (tertiary/aromatic N) is 10. The summed E-state index contributed by atoms with van der Waals surface area (Å²) >= 11 is 0. The Kier molecular flexibility index (Phi) is 30.4. The molecule has 4 rings (SSSR count). The van der Waals surface area contributed by atoms with Crippen LogP contribution in [0.5, 0.6) is 0 Å². The summed E-state index contributed by atoms with van der Waals surface area (Å²) in [5.41, 5.74) is 3.27. The maximum absolute atomic E-state index is 9.58. The number of amidine groups is 5. The molecule has 0 spiro atoms. The van der Waals surface area contributed by atoms with Gasteiger partial charge in [-0.2, -0.15) is 16.4 Å². The fourth-order valence-corrected chi connectivity index (χ4v) is 2.74. The van der Waals surface area contributed by atoms with Crippen LogP contribution in [0.25, 0.3) is 0 Å². The highest BCUT2D eigenvalue weighted by Crippen LogP contribution is 1.93. The van der Waals surface area contributed by atoms with Crippen molar-refractivity contribution in [2.45, 2.75) is 40.8 Å². The van der Waals surface area contributed by atoms with Crippen molar-refractivity contribution in [3.63, 3.8) is 0 Å². The Balaban J connectivity index is 0. The molecule has 0 amide bonds. The van der Waals surface area contributed by atoms with Gasteiger partial charge in [-0.1, -0.05) is 24.1 Å². The number of rotatable bonds is 8. The van der Waals surface area contributed by atoms with Gasteiger partial charge >= 0.3 is 0 Å². The smallest absolute Gasteiger partial charge is 0.240 e.